The summed E-state index contributed by atoms with van der Waals surface area (Å²) in [7, 11) is 3.94. The molecule has 0 aliphatic rings. The molecule has 0 radical (unpaired) electrons. The fourth-order valence-corrected chi connectivity index (χ4v) is 1.49. The van der Waals surface area contributed by atoms with Gasteiger partial charge < -0.3 is 10.6 Å². The molecule has 0 aromatic heterocycles. The summed E-state index contributed by atoms with van der Waals surface area (Å²) >= 11 is 6.09. The van der Waals surface area contributed by atoms with Gasteiger partial charge in [0.15, 0.2) is 0 Å². The highest BCUT2D eigenvalue weighted by Gasteiger charge is 2.07. The fraction of sp³-hybridized carbons (Fsp3) is 0.273. The molecule has 0 bridgehead atoms. The van der Waals surface area contributed by atoms with Gasteiger partial charge >= 0.3 is 0 Å². The third-order valence-corrected chi connectivity index (χ3v) is 2.44. The van der Waals surface area contributed by atoms with Crippen molar-refractivity contribution in [2.45, 2.75) is 6.04 Å². The summed E-state index contributed by atoms with van der Waals surface area (Å²) < 4.78 is 0. The fourth-order valence-electron chi connectivity index (χ4n) is 1.19. The first kappa shape index (κ1) is 11.1. The van der Waals surface area contributed by atoms with Gasteiger partial charge in [0.2, 0.25) is 0 Å². The number of hydrogen-bond donors (Lipinski definition) is 1. The highest BCUT2D eigenvalue weighted by Crippen LogP contribution is 2.26. The molecule has 2 N–H and O–H groups in total. The number of hydrogen-bond acceptors (Lipinski definition) is 2. The molecule has 76 valence electrons. The molecule has 0 fully saturated rings. The van der Waals surface area contributed by atoms with Crippen molar-refractivity contribution in [2.24, 2.45) is 5.73 Å². The normalized spacial score (nSPS) is 12.3. The van der Waals surface area contributed by atoms with Crippen molar-refractivity contribution in [1.82, 2.24) is 0 Å². The largest absolute Gasteiger partial charge is 0.378 e. The molecule has 0 saturated carbocycles. The standard InChI is InChI=1S/C11H15ClN2/c1-4-11(13)9-6-5-8(14(2)3)7-10(9)12/h4-7,11H,1,13H2,2-3H3/t11-/m1/s1. The van der Waals surface area contributed by atoms with Gasteiger partial charge in [-0.05, 0) is 17.7 Å². The van der Waals surface area contributed by atoms with Crippen LogP contribution >= 0.6 is 11.6 Å². The second-order valence-electron chi connectivity index (χ2n) is 3.36. The van der Waals surface area contributed by atoms with Crippen LogP contribution in [0.25, 0.3) is 0 Å². The summed E-state index contributed by atoms with van der Waals surface area (Å²) in [4.78, 5) is 2.00. The van der Waals surface area contributed by atoms with E-state index in [-0.39, 0.29) is 6.04 Å². The van der Waals surface area contributed by atoms with E-state index in [4.69, 9.17) is 17.3 Å². The van der Waals surface area contributed by atoms with E-state index in [0.717, 1.165) is 11.3 Å². The molecule has 0 heterocycles. The number of rotatable bonds is 3. The van der Waals surface area contributed by atoms with Crippen molar-refractivity contribution in [3.63, 3.8) is 0 Å². The van der Waals surface area contributed by atoms with Crippen LogP contribution in [0.4, 0.5) is 5.69 Å². The Balaban J connectivity index is 3.07. The molecule has 0 saturated heterocycles. The second-order valence-corrected chi connectivity index (χ2v) is 3.77. The van der Waals surface area contributed by atoms with Gasteiger partial charge in [0.1, 0.15) is 0 Å². The minimum atomic E-state index is -0.196. The van der Waals surface area contributed by atoms with Gasteiger partial charge in [0.25, 0.3) is 0 Å². The van der Waals surface area contributed by atoms with Crippen molar-refractivity contribution in [1.29, 1.82) is 0 Å². The van der Waals surface area contributed by atoms with Crippen LogP contribution in [0.3, 0.4) is 0 Å². The number of halogens is 1. The monoisotopic (exact) mass is 210 g/mol. The summed E-state index contributed by atoms with van der Waals surface area (Å²) in [5.41, 5.74) is 7.78. The van der Waals surface area contributed by atoms with Gasteiger partial charge in [-0.25, -0.2) is 0 Å². The van der Waals surface area contributed by atoms with Crippen molar-refractivity contribution in [3.8, 4) is 0 Å². The van der Waals surface area contributed by atoms with Gasteiger partial charge in [0, 0.05) is 30.8 Å². The Labute approximate surface area is 90.0 Å². The summed E-state index contributed by atoms with van der Waals surface area (Å²) in [6.07, 6.45) is 1.68. The molecule has 1 atom stereocenters. The molecule has 2 nitrogen and oxygen atoms in total. The molecule has 0 aliphatic carbocycles. The number of anilines is 1. The number of benzene rings is 1. The number of nitrogens with zero attached hydrogens (tertiary/aromatic N) is 1. The van der Waals surface area contributed by atoms with Crippen molar-refractivity contribution >= 4 is 17.3 Å². The predicted octanol–water partition coefficient (Wildman–Crippen LogP) is 2.59. The molecular formula is C11H15ClN2. The van der Waals surface area contributed by atoms with Crippen LogP contribution in [0.2, 0.25) is 5.02 Å². The zero-order chi connectivity index (χ0) is 10.7. The molecule has 14 heavy (non-hydrogen) atoms. The molecule has 0 spiro atoms. The maximum Gasteiger partial charge on any atom is 0.0493 e. The second kappa shape index (κ2) is 4.49. The lowest BCUT2D eigenvalue weighted by Crippen LogP contribution is -2.11. The van der Waals surface area contributed by atoms with Crippen LogP contribution in [0, 0.1) is 0 Å². The zero-order valence-electron chi connectivity index (χ0n) is 8.50. The van der Waals surface area contributed by atoms with E-state index in [2.05, 4.69) is 6.58 Å². The molecule has 1 rings (SSSR count). The van der Waals surface area contributed by atoms with Crippen LogP contribution in [-0.4, -0.2) is 14.1 Å². The molecule has 1 aromatic rings. The lowest BCUT2D eigenvalue weighted by molar-refractivity contribution is 0.914. The Morgan fingerprint density at radius 2 is 2.14 bits per heavy atom. The highest BCUT2D eigenvalue weighted by molar-refractivity contribution is 6.31. The minimum Gasteiger partial charge on any atom is -0.378 e. The smallest absolute Gasteiger partial charge is 0.0493 e. The van der Waals surface area contributed by atoms with Crippen molar-refractivity contribution < 1.29 is 0 Å². The maximum atomic E-state index is 6.09. The average Bonchev–Trinajstić information content (AvgIpc) is 2.16. The first-order chi connectivity index (χ1) is 6.56. The Morgan fingerprint density at radius 1 is 1.50 bits per heavy atom. The first-order valence-corrected chi connectivity index (χ1v) is 4.79. The molecular weight excluding hydrogens is 196 g/mol. The Hall–Kier alpha value is -0.990. The first-order valence-electron chi connectivity index (χ1n) is 4.41. The van der Waals surface area contributed by atoms with Crippen LogP contribution in [0.15, 0.2) is 30.9 Å². The van der Waals surface area contributed by atoms with Gasteiger partial charge in [-0.3, -0.25) is 0 Å². The molecule has 3 heteroatoms. The van der Waals surface area contributed by atoms with Gasteiger partial charge in [0.05, 0.1) is 0 Å². The van der Waals surface area contributed by atoms with Crippen LogP contribution in [0.1, 0.15) is 11.6 Å². The van der Waals surface area contributed by atoms with Crippen LogP contribution in [-0.2, 0) is 0 Å². The van der Waals surface area contributed by atoms with E-state index < -0.39 is 0 Å². The van der Waals surface area contributed by atoms with Gasteiger partial charge in [-0.1, -0.05) is 23.7 Å². The van der Waals surface area contributed by atoms with Crippen molar-refractivity contribution in [2.75, 3.05) is 19.0 Å². The summed E-state index contributed by atoms with van der Waals surface area (Å²) in [5, 5.41) is 0.684. The quantitative estimate of drug-likeness (QED) is 0.778. The van der Waals surface area contributed by atoms with E-state index in [0.29, 0.717) is 5.02 Å². The van der Waals surface area contributed by atoms with Gasteiger partial charge in [-0.15, -0.1) is 6.58 Å². The maximum absolute atomic E-state index is 6.09. The Morgan fingerprint density at radius 3 is 2.57 bits per heavy atom. The van der Waals surface area contributed by atoms with E-state index >= 15 is 0 Å². The third-order valence-electron chi connectivity index (χ3n) is 2.11. The van der Waals surface area contributed by atoms with E-state index in [9.17, 15) is 0 Å². The van der Waals surface area contributed by atoms with Crippen LogP contribution < -0.4 is 10.6 Å². The summed E-state index contributed by atoms with van der Waals surface area (Å²) in [5.74, 6) is 0. The van der Waals surface area contributed by atoms with E-state index in [1.54, 1.807) is 6.08 Å². The molecule has 0 unspecified atom stereocenters. The number of nitrogens with two attached hydrogens (primary N) is 1. The Kier molecular flexibility index (Phi) is 3.55. The molecule has 1 aromatic carbocycles. The predicted molar refractivity (Wildman–Crippen MR) is 62.9 cm³/mol. The minimum absolute atomic E-state index is 0.196. The Bertz CT molecular complexity index is 334. The van der Waals surface area contributed by atoms with E-state index in [1.165, 1.54) is 0 Å². The highest BCUT2D eigenvalue weighted by atomic mass is 35.5. The average molecular weight is 211 g/mol. The third kappa shape index (κ3) is 2.28. The van der Waals surface area contributed by atoms with Gasteiger partial charge in [-0.2, -0.15) is 0 Å². The summed E-state index contributed by atoms with van der Waals surface area (Å²) in [6.45, 7) is 3.64. The molecule has 0 aliphatic heterocycles. The SMILES string of the molecule is C=C[C@@H](N)c1ccc(N(C)C)cc1Cl. The summed E-state index contributed by atoms with van der Waals surface area (Å²) in [6, 6.07) is 5.63. The lowest BCUT2D eigenvalue weighted by atomic mass is 10.1. The lowest BCUT2D eigenvalue weighted by Gasteiger charge is -2.15. The van der Waals surface area contributed by atoms with E-state index in [1.807, 2.05) is 37.2 Å². The zero-order valence-corrected chi connectivity index (χ0v) is 9.25. The van der Waals surface area contributed by atoms with Crippen molar-refractivity contribution in [3.05, 3.63) is 41.4 Å². The van der Waals surface area contributed by atoms with Crippen LogP contribution in [0.5, 0.6) is 0 Å². The topological polar surface area (TPSA) is 29.3 Å². The molecule has 0 amide bonds.